The molecule has 2 aromatic heterocycles. The Morgan fingerprint density at radius 1 is 1.38 bits per heavy atom. The molecule has 0 fully saturated rings. The Hall–Kier alpha value is -2.70. The molecule has 1 aromatic carbocycles. The lowest BCUT2D eigenvalue weighted by atomic mass is 10.1. The molecule has 3 aromatic rings. The average molecular weight is 385 g/mol. The number of hydrogen-bond acceptors (Lipinski definition) is 7. The van der Waals surface area contributed by atoms with Crippen molar-refractivity contribution in [2.45, 2.75) is 17.6 Å². The summed E-state index contributed by atoms with van der Waals surface area (Å²) < 4.78 is 2.15. The van der Waals surface area contributed by atoms with Crippen LogP contribution in [0, 0.1) is 18.3 Å². The molecule has 0 aliphatic carbocycles. The number of thiazole rings is 1. The first-order chi connectivity index (χ1) is 12.5. The number of nitrogens with one attached hydrogen (secondary N) is 1. The Morgan fingerprint density at radius 3 is 2.85 bits per heavy atom. The lowest BCUT2D eigenvalue weighted by Crippen LogP contribution is -2.24. The summed E-state index contributed by atoms with van der Waals surface area (Å²) in [6.45, 7) is 1.84. The highest BCUT2D eigenvalue weighted by molar-refractivity contribution is 8.01. The maximum atomic E-state index is 12.4. The van der Waals surface area contributed by atoms with Crippen LogP contribution in [-0.2, 0) is 18.3 Å². The van der Waals surface area contributed by atoms with Gasteiger partial charge in [0.1, 0.15) is 0 Å². The second kappa shape index (κ2) is 7.68. The number of anilines is 1. The number of fused-ring (bicyclic) bond motifs is 1. The zero-order valence-electron chi connectivity index (χ0n) is 14.1. The quantitative estimate of drug-likeness (QED) is 0.677. The van der Waals surface area contributed by atoms with Gasteiger partial charge in [-0.05, 0) is 13.0 Å². The highest BCUT2D eigenvalue weighted by atomic mass is 32.2. The van der Waals surface area contributed by atoms with E-state index in [1.165, 1.54) is 27.8 Å². The Morgan fingerprint density at radius 2 is 2.12 bits per heavy atom. The molecule has 0 bridgehead atoms. The van der Waals surface area contributed by atoms with Gasteiger partial charge >= 0.3 is 0 Å². The maximum Gasteiger partial charge on any atom is 0.274 e. The molecule has 0 saturated heterocycles. The molecule has 0 spiro atoms. The van der Waals surface area contributed by atoms with Gasteiger partial charge in [0, 0.05) is 12.4 Å². The van der Waals surface area contributed by atoms with E-state index in [4.69, 9.17) is 5.26 Å². The molecule has 0 aliphatic rings. The van der Waals surface area contributed by atoms with E-state index in [2.05, 4.69) is 21.5 Å². The van der Waals surface area contributed by atoms with Crippen molar-refractivity contribution in [1.29, 1.82) is 5.26 Å². The largest absolute Gasteiger partial charge is 0.302 e. The van der Waals surface area contributed by atoms with E-state index < -0.39 is 0 Å². The number of nitrogens with zero attached hydrogens (tertiary/aromatic N) is 4. The van der Waals surface area contributed by atoms with E-state index in [1.807, 2.05) is 13.0 Å². The minimum absolute atomic E-state index is 0.0356. The third-order valence-corrected chi connectivity index (χ3v) is 5.93. The number of amides is 1. The Kier molecular flexibility index (Phi) is 5.35. The van der Waals surface area contributed by atoms with E-state index in [9.17, 15) is 9.59 Å². The van der Waals surface area contributed by atoms with E-state index in [1.54, 1.807) is 25.2 Å². The first-order valence-electron chi connectivity index (χ1n) is 7.71. The lowest BCUT2D eigenvalue weighted by Gasteiger charge is -2.07. The topological polar surface area (TPSA) is 101 Å². The highest BCUT2D eigenvalue weighted by Gasteiger charge is 2.15. The zero-order chi connectivity index (χ0) is 18.7. The van der Waals surface area contributed by atoms with E-state index in [0.29, 0.717) is 27.4 Å². The second-order valence-corrected chi connectivity index (χ2v) is 7.73. The van der Waals surface area contributed by atoms with Gasteiger partial charge in [-0.15, -0.1) is 0 Å². The summed E-state index contributed by atoms with van der Waals surface area (Å²) in [6.07, 6.45) is 0.0356. The van der Waals surface area contributed by atoms with Gasteiger partial charge in [0.05, 0.1) is 39.2 Å². The van der Waals surface area contributed by atoms with Crippen molar-refractivity contribution in [3.8, 4) is 6.07 Å². The molecule has 1 N–H and O–H groups in total. The molecule has 26 heavy (non-hydrogen) atoms. The molecular weight excluding hydrogens is 370 g/mol. The number of thioether (sulfide) groups is 1. The molecule has 1 amide bonds. The van der Waals surface area contributed by atoms with Gasteiger partial charge < -0.3 is 5.32 Å². The first kappa shape index (κ1) is 18.1. The van der Waals surface area contributed by atoms with Crippen LogP contribution in [0.2, 0.25) is 0 Å². The SMILES string of the molecule is Cc1nc(NC(=O)Cc2nn(C)c(=O)c3ccccc23)sc1SCC#N. The van der Waals surface area contributed by atoms with Crippen LogP contribution in [0.4, 0.5) is 5.13 Å². The second-order valence-electron chi connectivity index (χ2n) is 5.48. The molecule has 3 rings (SSSR count). The highest BCUT2D eigenvalue weighted by Crippen LogP contribution is 2.31. The fourth-order valence-electron chi connectivity index (χ4n) is 2.49. The molecular formula is C17H15N5O2S2. The number of aryl methyl sites for hydroxylation is 2. The van der Waals surface area contributed by atoms with Crippen molar-refractivity contribution in [2.24, 2.45) is 7.05 Å². The number of hydrogen-bond donors (Lipinski definition) is 1. The van der Waals surface area contributed by atoms with Gasteiger partial charge in [-0.3, -0.25) is 9.59 Å². The standard InChI is InChI=1S/C17H15N5O2S2/c1-10-16(25-8-7-18)26-17(19-10)20-14(23)9-13-11-5-3-4-6-12(11)15(24)22(2)21-13/h3-6H,8-9H2,1-2H3,(H,19,20,23). The van der Waals surface area contributed by atoms with Crippen molar-refractivity contribution < 1.29 is 4.79 Å². The van der Waals surface area contributed by atoms with Crippen LogP contribution < -0.4 is 10.9 Å². The van der Waals surface area contributed by atoms with Gasteiger partial charge in [0.2, 0.25) is 5.91 Å². The molecule has 0 unspecified atom stereocenters. The molecule has 0 saturated carbocycles. The van der Waals surface area contributed by atoms with Crippen LogP contribution >= 0.6 is 23.1 Å². The predicted octanol–water partition coefficient (Wildman–Crippen LogP) is 2.50. The van der Waals surface area contributed by atoms with E-state index in [0.717, 1.165) is 9.90 Å². The van der Waals surface area contributed by atoms with Crippen molar-refractivity contribution in [3.05, 3.63) is 46.0 Å². The third kappa shape index (κ3) is 3.76. The minimum atomic E-state index is -0.258. The van der Waals surface area contributed by atoms with Crippen LogP contribution in [0.25, 0.3) is 10.8 Å². The zero-order valence-corrected chi connectivity index (χ0v) is 15.8. The number of rotatable bonds is 5. The van der Waals surface area contributed by atoms with Gasteiger partial charge in [0.25, 0.3) is 5.56 Å². The average Bonchev–Trinajstić information content (AvgIpc) is 2.96. The first-order valence-corrected chi connectivity index (χ1v) is 9.51. The monoisotopic (exact) mass is 385 g/mol. The molecule has 9 heteroatoms. The van der Waals surface area contributed by atoms with Crippen LogP contribution in [0.15, 0.2) is 33.3 Å². The number of nitriles is 1. The summed E-state index contributed by atoms with van der Waals surface area (Å²) in [5.41, 5.74) is 1.13. The third-order valence-electron chi connectivity index (χ3n) is 3.63. The number of aromatic nitrogens is 3. The van der Waals surface area contributed by atoms with Gasteiger partial charge in [0.15, 0.2) is 5.13 Å². The molecule has 0 radical (unpaired) electrons. The lowest BCUT2D eigenvalue weighted by molar-refractivity contribution is -0.115. The predicted molar refractivity (Wildman–Crippen MR) is 103 cm³/mol. The minimum Gasteiger partial charge on any atom is -0.302 e. The fraction of sp³-hybridized carbons (Fsp3) is 0.235. The van der Waals surface area contributed by atoms with E-state index >= 15 is 0 Å². The van der Waals surface area contributed by atoms with E-state index in [-0.39, 0.29) is 17.9 Å². The molecule has 7 nitrogen and oxygen atoms in total. The maximum absolute atomic E-state index is 12.4. The number of benzene rings is 1. The fourth-order valence-corrected chi connectivity index (χ4v) is 4.31. The van der Waals surface area contributed by atoms with Crippen LogP contribution in [-0.4, -0.2) is 26.4 Å². The van der Waals surface area contributed by atoms with Gasteiger partial charge in [-0.2, -0.15) is 10.4 Å². The molecule has 132 valence electrons. The molecule has 2 heterocycles. The summed E-state index contributed by atoms with van der Waals surface area (Å²) in [7, 11) is 1.57. The normalized spacial score (nSPS) is 10.7. The Labute approximate surface area is 157 Å². The smallest absolute Gasteiger partial charge is 0.274 e. The molecule has 0 aliphatic heterocycles. The summed E-state index contributed by atoms with van der Waals surface area (Å²) in [5.74, 6) is 0.0802. The summed E-state index contributed by atoms with van der Waals surface area (Å²) in [4.78, 5) is 28.9. The van der Waals surface area contributed by atoms with Gasteiger partial charge in [-0.25, -0.2) is 9.67 Å². The summed E-state index contributed by atoms with van der Waals surface area (Å²) in [6, 6.07) is 9.18. The van der Waals surface area contributed by atoms with Crippen LogP contribution in [0.3, 0.4) is 0 Å². The van der Waals surface area contributed by atoms with Crippen molar-refractivity contribution >= 4 is 44.9 Å². The summed E-state index contributed by atoms with van der Waals surface area (Å²) >= 11 is 2.74. The molecule has 0 atom stereocenters. The van der Waals surface area contributed by atoms with Gasteiger partial charge in [-0.1, -0.05) is 41.3 Å². The van der Waals surface area contributed by atoms with Crippen molar-refractivity contribution in [2.75, 3.05) is 11.1 Å². The van der Waals surface area contributed by atoms with Crippen molar-refractivity contribution in [3.63, 3.8) is 0 Å². The Bertz CT molecular complexity index is 1080. The number of carbonyl (C=O) groups excluding carboxylic acids is 1. The van der Waals surface area contributed by atoms with Crippen LogP contribution in [0.1, 0.15) is 11.4 Å². The van der Waals surface area contributed by atoms with Crippen LogP contribution in [0.5, 0.6) is 0 Å². The van der Waals surface area contributed by atoms with Crippen molar-refractivity contribution in [1.82, 2.24) is 14.8 Å². The summed E-state index contributed by atoms with van der Waals surface area (Å²) in [5, 5.41) is 17.4. The Balaban J connectivity index is 1.81. The number of carbonyl (C=O) groups is 1.